The highest BCUT2D eigenvalue weighted by molar-refractivity contribution is 14.0. The minimum atomic E-state index is 0. The Balaban J connectivity index is 0.00000320. The Hall–Kier alpha value is -2.07. The molecule has 0 amide bonds. The molecule has 1 aliphatic heterocycles. The van der Waals surface area contributed by atoms with E-state index in [0.717, 1.165) is 36.9 Å². The van der Waals surface area contributed by atoms with E-state index >= 15 is 0 Å². The average Bonchev–Trinajstić information content (AvgIpc) is 3.31. The molecule has 8 heteroatoms. The number of aromatic nitrogens is 1. The molecule has 0 spiro atoms. The number of pyridine rings is 1. The first-order valence-electron chi connectivity index (χ1n) is 10.0. The Bertz CT molecular complexity index is 777. The number of nitrogens with zero attached hydrogens (tertiary/aromatic N) is 3. The number of halogens is 1. The second kappa shape index (κ2) is 12.6. The Morgan fingerprint density at radius 3 is 2.37 bits per heavy atom. The molecule has 30 heavy (non-hydrogen) atoms. The van der Waals surface area contributed by atoms with Gasteiger partial charge in [0.1, 0.15) is 5.75 Å². The van der Waals surface area contributed by atoms with Gasteiger partial charge in [-0.15, -0.1) is 24.0 Å². The van der Waals surface area contributed by atoms with Gasteiger partial charge in [-0.3, -0.25) is 9.89 Å². The van der Waals surface area contributed by atoms with Crippen molar-refractivity contribution in [2.24, 2.45) is 4.99 Å². The number of hydrogen-bond donors (Lipinski definition) is 2. The van der Waals surface area contributed by atoms with Crippen molar-refractivity contribution in [3.63, 3.8) is 0 Å². The van der Waals surface area contributed by atoms with E-state index in [1.807, 2.05) is 30.5 Å². The molecule has 2 aromatic rings. The molecule has 1 aromatic heterocycles. The predicted octanol–water partition coefficient (Wildman–Crippen LogP) is 3.22. The Kier molecular flexibility index (Phi) is 10.2. The van der Waals surface area contributed by atoms with Crippen LogP contribution in [0.2, 0.25) is 0 Å². The van der Waals surface area contributed by atoms with Crippen LogP contribution < -0.4 is 20.1 Å². The number of rotatable bonds is 8. The summed E-state index contributed by atoms with van der Waals surface area (Å²) in [7, 11) is 5.11. The molecule has 1 saturated heterocycles. The second-order valence-corrected chi connectivity index (χ2v) is 7.05. The van der Waals surface area contributed by atoms with Crippen LogP contribution in [0.15, 0.2) is 47.6 Å². The number of aliphatic imine (C=N–C) groups is 1. The molecule has 1 unspecified atom stereocenters. The summed E-state index contributed by atoms with van der Waals surface area (Å²) in [6.07, 6.45) is 4.32. The first-order valence-corrected chi connectivity index (χ1v) is 10.0. The fraction of sp³-hybridized carbons (Fsp3) is 0.455. The van der Waals surface area contributed by atoms with Crippen molar-refractivity contribution in [2.75, 3.05) is 40.9 Å². The van der Waals surface area contributed by atoms with E-state index in [1.165, 1.54) is 18.4 Å². The molecule has 1 fully saturated rings. The van der Waals surface area contributed by atoms with Gasteiger partial charge in [-0.1, -0.05) is 18.2 Å². The standard InChI is InChI=1S/C22H31N5O2.HI/c1-23-22(25-15-17-6-11-21(29-3)24-14-17)26-16-20(27-12-4-5-13-27)18-7-9-19(28-2)10-8-18;/h6-11,14,20H,4-5,12-13,15-16H2,1-3H3,(H2,23,25,26);1H. The average molecular weight is 525 g/mol. The predicted molar refractivity (Wildman–Crippen MR) is 131 cm³/mol. The maximum Gasteiger partial charge on any atom is 0.212 e. The van der Waals surface area contributed by atoms with E-state index in [4.69, 9.17) is 9.47 Å². The van der Waals surface area contributed by atoms with Crippen molar-refractivity contribution in [1.29, 1.82) is 0 Å². The van der Waals surface area contributed by atoms with Crippen molar-refractivity contribution >= 4 is 29.9 Å². The number of likely N-dealkylation sites (tertiary alicyclic amines) is 1. The van der Waals surface area contributed by atoms with Crippen LogP contribution >= 0.6 is 24.0 Å². The molecule has 1 atom stereocenters. The third kappa shape index (κ3) is 6.73. The quantitative estimate of drug-likeness (QED) is 0.314. The van der Waals surface area contributed by atoms with Gasteiger partial charge in [0, 0.05) is 32.4 Å². The number of methoxy groups -OCH3 is 2. The summed E-state index contributed by atoms with van der Waals surface area (Å²) in [5.41, 5.74) is 2.36. The monoisotopic (exact) mass is 525 g/mol. The Morgan fingerprint density at radius 1 is 1.07 bits per heavy atom. The van der Waals surface area contributed by atoms with Gasteiger partial charge in [-0.05, 0) is 49.2 Å². The Morgan fingerprint density at radius 2 is 1.80 bits per heavy atom. The van der Waals surface area contributed by atoms with E-state index in [9.17, 15) is 0 Å². The van der Waals surface area contributed by atoms with Crippen molar-refractivity contribution < 1.29 is 9.47 Å². The third-order valence-electron chi connectivity index (χ3n) is 5.24. The lowest BCUT2D eigenvalue weighted by molar-refractivity contribution is 0.245. The van der Waals surface area contributed by atoms with Crippen LogP contribution in [0.4, 0.5) is 0 Å². The molecule has 0 bridgehead atoms. The van der Waals surface area contributed by atoms with Crippen molar-refractivity contribution in [1.82, 2.24) is 20.5 Å². The molecule has 1 aliphatic rings. The third-order valence-corrected chi connectivity index (χ3v) is 5.24. The molecular weight excluding hydrogens is 493 g/mol. The molecule has 0 saturated carbocycles. The minimum Gasteiger partial charge on any atom is -0.497 e. The molecule has 2 heterocycles. The molecule has 2 N–H and O–H groups in total. The number of nitrogens with one attached hydrogen (secondary N) is 2. The summed E-state index contributed by atoms with van der Waals surface area (Å²) in [6.45, 7) is 3.68. The lowest BCUT2D eigenvalue weighted by atomic mass is 10.1. The lowest BCUT2D eigenvalue weighted by Gasteiger charge is -2.29. The van der Waals surface area contributed by atoms with Crippen molar-refractivity contribution in [2.45, 2.75) is 25.4 Å². The van der Waals surface area contributed by atoms with Crippen LogP contribution in [-0.2, 0) is 6.54 Å². The molecule has 1 aromatic carbocycles. The first kappa shape index (κ1) is 24.2. The summed E-state index contributed by atoms with van der Waals surface area (Å²) >= 11 is 0. The summed E-state index contributed by atoms with van der Waals surface area (Å²) in [5, 5.41) is 6.85. The van der Waals surface area contributed by atoms with Crippen LogP contribution in [0.5, 0.6) is 11.6 Å². The molecule has 0 radical (unpaired) electrons. The maximum atomic E-state index is 5.31. The molecular formula is C22H32IN5O2. The van der Waals surface area contributed by atoms with Crippen molar-refractivity contribution in [3.8, 4) is 11.6 Å². The topological polar surface area (TPSA) is 71.0 Å². The largest absolute Gasteiger partial charge is 0.497 e. The van der Waals surface area contributed by atoms with Crippen molar-refractivity contribution in [3.05, 3.63) is 53.7 Å². The van der Waals surface area contributed by atoms with Gasteiger partial charge in [-0.2, -0.15) is 0 Å². The number of guanidine groups is 1. The summed E-state index contributed by atoms with van der Waals surface area (Å²) < 4.78 is 10.4. The zero-order chi connectivity index (χ0) is 20.5. The zero-order valence-corrected chi connectivity index (χ0v) is 20.3. The second-order valence-electron chi connectivity index (χ2n) is 7.05. The fourth-order valence-corrected chi connectivity index (χ4v) is 3.57. The summed E-state index contributed by atoms with van der Waals surface area (Å²) in [6, 6.07) is 12.5. The Labute approximate surface area is 196 Å². The van der Waals surface area contributed by atoms with E-state index in [0.29, 0.717) is 18.5 Å². The molecule has 0 aliphatic carbocycles. The van der Waals surface area contributed by atoms with Crippen LogP contribution in [0.1, 0.15) is 30.0 Å². The highest BCUT2D eigenvalue weighted by Crippen LogP contribution is 2.26. The van der Waals surface area contributed by atoms with Gasteiger partial charge in [0.05, 0.1) is 20.3 Å². The van der Waals surface area contributed by atoms with Crippen LogP contribution in [0.3, 0.4) is 0 Å². The first-order chi connectivity index (χ1) is 14.2. The van der Waals surface area contributed by atoms with E-state index in [1.54, 1.807) is 21.3 Å². The van der Waals surface area contributed by atoms with Gasteiger partial charge in [-0.25, -0.2) is 4.98 Å². The van der Waals surface area contributed by atoms with Crippen LogP contribution in [0.25, 0.3) is 0 Å². The molecule has 3 rings (SSSR count). The SMILES string of the molecule is CN=C(NCc1ccc(OC)nc1)NCC(c1ccc(OC)cc1)N1CCCC1.I. The number of ether oxygens (including phenoxy) is 2. The lowest BCUT2D eigenvalue weighted by Crippen LogP contribution is -2.42. The highest BCUT2D eigenvalue weighted by Gasteiger charge is 2.23. The van der Waals surface area contributed by atoms with E-state index < -0.39 is 0 Å². The zero-order valence-electron chi connectivity index (χ0n) is 17.9. The number of benzene rings is 1. The van der Waals surface area contributed by atoms with Crippen LogP contribution in [-0.4, -0.2) is 56.7 Å². The molecule has 7 nitrogen and oxygen atoms in total. The maximum absolute atomic E-state index is 5.31. The van der Waals surface area contributed by atoms with Crippen LogP contribution in [0, 0.1) is 0 Å². The van der Waals surface area contributed by atoms with Gasteiger partial charge in [0.2, 0.25) is 5.88 Å². The van der Waals surface area contributed by atoms with E-state index in [-0.39, 0.29) is 24.0 Å². The van der Waals surface area contributed by atoms with E-state index in [2.05, 4.69) is 37.6 Å². The minimum absolute atomic E-state index is 0. The summed E-state index contributed by atoms with van der Waals surface area (Å²) in [5.74, 6) is 2.27. The highest BCUT2D eigenvalue weighted by atomic mass is 127. The smallest absolute Gasteiger partial charge is 0.212 e. The van der Waals surface area contributed by atoms with Gasteiger partial charge < -0.3 is 20.1 Å². The van der Waals surface area contributed by atoms with Gasteiger partial charge in [0.15, 0.2) is 5.96 Å². The number of hydrogen-bond acceptors (Lipinski definition) is 5. The van der Waals surface area contributed by atoms with Gasteiger partial charge in [0.25, 0.3) is 0 Å². The van der Waals surface area contributed by atoms with Gasteiger partial charge >= 0.3 is 0 Å². The fourth-order valence-electron chi connectivity index (χ4n) is 3.57. The molecule has 164 valence electrons. The normalized spacial score (nSPS) is 15.2. The summed E-state index contributed by atoms with van der Waals surface area (Å²) in [4.78, 5) is 11.1.